The third-order valence-electron chi connectivity index (χ3n) is 6.81. The fourth-order valence-corrected chi connectivity index (χ4v) is 4.67. The van der Waals surface area contributed by atoms with Crippen LogP contribution in [0.15, 0.2) is 47.6 Å². The molecular formula is C28H34N8O3. The highest BCUT2D eigenvalue weighted by Crippen LogP contribution is 2.26. The van der Waals surface area contributed by atoms with Gasteiger partial charge in [-0.05, 0) is 43.7 Å². The highest BCUT2D eigenvalue weighted by atomic mass is 16.5. The first kappa shape index (κ1) is 26.2. The summed E-state index contributed by atoms with van der Waals surface area (Å²) in [6, 6.07) is 11.9. The largest absolute Gasteiger partial charge is 0.462 e. The molecule has 39 heavy (non-hydrogen) atoms. The number of nitrogens with zero attached hydrogens (tertiary/aromatic N) is 6. The Kier molecular flexibility index (Phi) is 6.98. The molecule has 11 nitrogen and oxygen atoms in total. The van der Waals surface area contributed by atoms with Crippen molar-refractivity contribution < 1.29 is 14.3 Å². The van der Waals surface area contributed by atoms with Crippen LogP contribution in [0.4, 0.5) is 11.5 Å². The smallest absolute Gasteiger partial charge is 0.289 e. The maximum absolute atomic E-state index is 13.2. The van der Waals surface area contributed by atoms with Gasteiger partial charge in [0.2, 0.25) is 0 Å². The fraction of sp³-hybridized carbons (Fsp3) is 0.393. The van der Waals surface area contributed by atoms with Crippen LogP contribution in [0, 0.1) is 0 Å². The number of aromatic nitrogens is 3. The maximum Gasteiger partial charge on any atom is 0.289 e. The van der Waals surface area contributed by atoms with Crippen molar-refractivity contribution in [2.24, 2.45) is 12.0 Å². The van der Waals surface area contributed by atoms with E-state index in [1.54, 1.807) is 31.0 Å². The molecule has 2 amide bonds. The van der Waals surface area contributed by atoms with Gasteiger partial charge in [0.05, 0.1) is 11.1 Å². The van der Waals surface area contributed by atoms with Crippen molar-refractivity contribution >= 4 is 29.3 Å². The Morgan fingerprint density at radius 3 is 2.54 bits per heavy atom. The van der Waals surface area contributed by atoms with Crippen molar-refractivity contribution in [1.29, 1.82) is 0 Å². The number of ether oxygens (including phenoxy) is 1. The number of carbonyl (C=O) groups is 2. The minimum absolute atomic E-state index is 0.0895. The van der Waals surface area contributed by atoms with Gasteiger partial charge < -0.3 is 25.2 Å². The number of rotatable bonds is 6. The predicted octanol–water partition coefficient (Wildman–Crippen LogP) is 2.59. The van der Waals surface area contributed by atoms with Crippen LogP contribution in [0.5, 0.6) is 0 Å². The number of amides is 2. The van der Waals surface area contributed by atoms with Gasteiger partial charge in [-0.2, -0.15) is 5.10 Å². The Morgan fingerprint density at radius 2 is 1.90 bits per heavy atom. The van der Waals surface area contributed by atoms with Crippen LogP contribution in [0.2, 0.25) is 0 Å². The second-order valence-corrected chi connectivity index (χ2v) is 10.7. The topological polar surface area (TPSA) is 117 Å². The number of aryl methyl sites for hydroxylation is 1. The lowest BCUT2D eigenvalue weighted by Crippen LogP contribution is -2.33. The van der Waals surface area contributed by atoms with Gasteiger partial charge in [-0.15, -0.1) is 0 Å². The summed E-state index contributed by atoms with van der Waals surface area (Å²) in [7, 11) is 5.30. The summed E-state index contributed by atoms with van der Waals surface area (Å²) in [5.74, 6) is 0.456. The molecule has 11 heteroatoms. The highest BCUT2D eigenvalue weighted by molar-refractivity contribution is 5.95. The first-order valence-electron chi connectivity index (χ1n) is 12.9. The summed E-state index contributed by atoms with van der Waals surface area (Å²) in [5, 5.41) is 10.7. The molecule has 3 aromatic rings. The first-order chi connectivity index (χ1) is 18.6. The van der Waals surface area contributed by atoms with Crippen LogP contribution < -0.4 is 15.5 Å². The second kappa shape index (κ2) is 10.4. The van der Waals surface area contributed by atoms with E-state index in [0.717, 1.165) is 41.3 Å². The van der Waals surface area contributed by atoms with E-state index in [-0.39, 0.29) is 17.4 Å². The van der Waals surface area contributed by atoms with Gasteiger partial charge in [0, 0.05) is 70.3 Å². The average Bonchev–Trinajstić information content (AvgIpc) is 3.45. The lowest BCUT2D eigenvalue weighted by molar-refractivity contribution is 0.0826. The maximum atomic E-state index is 13.2. The number of carbonyl (C=O) groups excluding carboxylic acids is 2. The predicted molar refractivity (Wildman–Crippen MR) is 149 cm³/mol. The van der Waals surface area contributed by atoms with E-state index in [4.69, 9.17) is 4.74 Å². The summed E-state index contributed by atoms with van der Waals surface area (Å²) < 4.78 is 7.38. The van der Waals surface area contributed by atoms with Gasteiger partial charge in [-0.25, -0.2) is 9.98 Å². The zero-order valence-electron chi connectivity index (χ0n) is 23.0. The molecule has 0 saturated heterocycles. The molecule has 2 aliphatic heterocycles. The Hall–Kier alpha value is -4.41. The molecule has 0 bridgehead atoms. The molecule has 0 spiro atoms. The van der Waals surface area contributed by atoms with Crippen LogP contribution >= 0.6 is 0 Å². The standard InChI is InChI=1S/C28H34N8O3/c1-28(2)17-39-27(32-28)31-20-9-6-18(7-10-20)14-30-25(37)24-21-16-36(13-12-22(21)35(5)33-24)23-11-8-19(15-29-23)26(38)34(3)4/h6-11,15H,12-14,16-17H2,1-5H3,(H,30,37)(H,31,32). The number of pyridine rings is 1. The van der Waals surface area contributed by atoms with Crippen LogP contribution in [0.3, 0.4) is 0 Å². The molecule has 2 N–H and O–H groups in total. The van der Waals surface area contributed by atoms with Crippen molar-refractivity contribution in [2.75, 3.05) is 37.5 Å². The van der Waals surface area contributed by atoms with Gasteiger partial charge in [-0.1, -0.05) is 12.1 Å². The van der Waals surface area contributed by atoms with Crippen molar-refractivity contribution in [3.8, 4) is 0 Å². The second-order valence-electron chi connectivity index (χ2n) is 10.7. The van der Waals surface area contributed by atoms with E-state index < -0.39 is 0 Å². The molecule has 0 radical (unpaired) electrons. The van der Waals surface area contributed by atoms with E-state index in [1.165, 1.54) is 4.90 Å². The molecule has 2 aromatic heterocycles. The number of hydrogen-bond donors (Lipinski definition) is 2. The molecule has 0 atom stereocenters. The van der Waals surface area contributed by atoms with E-state index in [1.807, 2.05) is 51.2 Å². The van der Waals surface area contributed by atoms with Crippen molar-refractivity contribution in [2.45, 2.75) is 38.9 Å². The normalized spacial score (nSPS) is 15.7. The van der Waals surface area contributed by atoms with Crippen molar-refractivity contribution in [3.05, 3.63) is 70.7 Å². The minimum atomic E-state index is -0.220. The first-order valence-corrected chi connectivity index (χ1v) is 12.9. The lowest BCUT2D eigenvalue weighted by atomic mass is 10.0. The average molecular weight is 531 g/mol. The minimum Gasteiger partial charge on any atom is -0.462 e. The number of fused-ring (bicyclic) bond motifs is 1. The van der Waals surface area contributed by atoms with Gasteiger partial charge in [0.25, 0.3) is 17.8 Å². The SMILES string of the molecule is CN(C)C(=O)c1ccc(N2CCc3c(c(C(=O)NCc4ccc(NC5=NC(C)(C)CO5)cc4)nn3C)C2)nc1. The Bertz CT molecular complexity index is 1410. The third kappa shape index (κ3) is 5.71. The van der Waals surface area contributed by atoms with Crippen LogP contribution in [0.25, 0.3) is 0 Å². The summed E-state index contributed by atoms with van der Waals surface area (Å²) in [5.41, 5.74) is 4.52. The molecule has 0 saturated carbocycles. The lowest BCUT2D eigenvalue weighted by Gasteiger charge is -2.28. The Balaban J connectivity index is 1.22. The number of aliphatic imine (C=N–C) groups is 1. The van der Waals surface area contributed by atoms with E-state index in [2.05, 4.69) is 30.6 Å². The van der Waals surface area contributed by atoms with Gasteiger partial charge in [-0.3, -0.25) is 14.3 Å². The number of nitrogens with one attached hydrogen (secondary N) is 2. The van der Waals surface area contributed by atoms with Crippen LogP contribution in [0.1, 0.15) is 51.5 Å². The van der Waals surface area contributed by atoms with E-state index in [0.29, 0.717) is 37.0 Å². The highest BCUT2D eigenvalue weighted by Gasteiger charge is 2.28. The van der Waals surface area contributed by atoms with Gasteiger partial charge >= 0.3 is 0 Å². The summed E-state index contributed by atoms with van der Waals surface area (Å²) in [6.07, 6.45) is 2.34. The van der Waals surface area contributed by atoms with Crippen LogP contribution in [-0.4, -0.2) is 70.3 Å². The quantitative estimate of drug-likeness (QED) is 0.503. The Labute approximate surface area is 227 Å². The molecule has 1 aromatic carbocycles. The molecule has 4 heterocycles. The summed E-state index contributed by atoms with van der Waals surface area (Å²) >= 11 is 0. The number of hydrogen-bond acceptors (Lipinski definition) is 8. The molecular weight excluding hydrogens is 496 g/mol. The molecule has 204 valence electrons. The number of benzene rings is 1. The van der Waals surface area contributed by atoms with E-state index in [9.17, 15) is 9.59 Å². The molecule has 0 aliphatic carbocycles. The monoisotopic (exact) mass is 530 g/mol. The molecule has 5 rings (SSSR count). The summed E-state index contributed by atoms with van der Waals surface area (Å²) in [6.45, 7) is 6.23. The van der Waals surface area contributed by atoms with Crippen molar-refractivity contribution in [1.82, 2.24) is 25.0 Å². The van der Waals surface area contributed by atoms with Gasteiger partial charge in [0.1, 0.15) is 12.4 Å². The third-order valence-corrected chi connectivity index (χ3v) is 6.81. The Morgan fingerprint density at radius 1 is 1.13 bits per heavy atom. The summed E-state index contributed by atoms with van der Waals surface area (Å²) in [4.78, 5) is 38.0. The molecule has 2 aliphatic rings. The molecule has 0 fully saturated rings. The van der Waals surface area contributed by atoms with E-state index >= 15 is 0 Å². The number of amidine groups is 1. The van der Waals surface area contributed by atoms with Crippen molar-refractivity contribution in [3.63, 3.8) is 0 Å². The zero-order chi connectivity index (χ0) is 27.7. The van der Waals surface area contributed by atoms with Crippen LogP contribution in [-0.2, 0) is 31.3 Å². The fourth-order valence-electron chi connectivity index (χ4n) is 4.67. The molecule has 0 unspecified atom stereocenters. The van der Waals surface area contributed by atoms with Gasteiger partial charge in [0.15, 0.2) is 5.69 Å². The zero-order valence-corrected chi connectivity index (χ0v) is 23.0. The number of anilines is 2.